The molecule has 1 heterocycles. The number of non-ortho nitro benzene ring substituents is 1. The summed E-state index contributed by atoms with van der Waals surface area (Å²) in [6, 6.07) is 6.77. The van der Waals surface area contributed by atoms with Gasteiger partial charge in [0, 0.05) is 57.8 Å². The first-order chi connectivity index (χ1) is 13.4. The van der Waals surface area contributed by atoms with E-state index >= 15 is 0 Å². The van der Waals surface area contributed by atoms with Gasteiger partial charge in [0.25, 0.3) is 5.69 Å². The standard InChI is InChI=1S/C16H23N7O4S.HI/c1-17-16(18-7-3-11-22-12-4-8-20-22)19-9-10-21-28(26,27)15-6-2-5-14(13-15)23(24)25;/h2,4-6,8,12-13,21H,3,7,9-11H2,1H3,(H2,17,18,19);1H. The lowest BCUT2D eigenvalue weighted by molar-refractivity contribution is -0.385. The number of sulfonamides is 1. The highest BCUT2D eigenvalue weighted by Gasteiger charge is 2.16. The van der Waals surface area contributed by atoms with Crippen LogP contribution in [0.2, 0.25) is 0 Å². The Morgan fingerprint density at radius 1 is 1.24 bits per heavy atom. The van der Waals surface area contributed by atoms with Gasteiger partial charge in [0.05, 0.1) is 9.82 Å². The number of guanidine groups is 1. The molecule has 160 valence electrons. The van der Waals surface area contributed by atoms with E-state index in [0.717, 1.165) is 19.0 Å². The van der Waals surface area contributed by atoms with E-state index in [9.17, 15) is 18.5 Å². The topological polar surface area (TPSA) is 144 Å². The Hall–Kier alpha value is -2.26. The molecular formula is C16H24IN7O4S. The third-order valence-electron chi connectivity index (χ3n) is 3.69. The summed E-state index contributed by atoms with van der Waals surface area (Å²) >= 11 is 0. The Morgan fingerprint density at radius 3 is 2.66 bits per heavy atom. The minimum absolute atomic E-state index is 0. The van der Waals surface area contributed by atoms with Crippen molar-refractivity contribution >= 4 is 45.6 Å². The summed E-state index contributed by atoms with van der Waals surface area (Å²) in [4.78, 5) is 14.1. The van der Waals surface area contributed by atoms with E-state index in [-0.39, 0.29) is 41.1 Å². The van der Waals surface area contributed by atoms with Gasteiger partial charge >= 0.3 is 0 Å². The van der Waals surface area contributed by atoms with Gasteiger partial charge in [-0.1, -0.05) is 6.07 Å². The number of aliphatic imine (C=N–C) groups is 1. The third kappa shape index (κ3) is 8.33. The Labute approximate surface area is 186 Å². The van der Waals surface area contributed by atoms with Gasteiger partial charge in [-0.2, -0.15) is 5.10 Å². The van der Waals surface area contributed by atoms with Crippen LogP contribution in [-0.4, -0.2) is 55.8 Å². The molecule has 1 aromatic heterocycles. The molecule has 2 aromatic rings. The number of hydrogen-bond acceptors (Lipinski definition) is 6. The number of benzene rings is 1. The zero-order chi connectivity index (χ0) is 20.4. The summed E-state index contributed by atoms with van der Waals surface area (Å²) < 4.78 is 28.7. The van der Waals surface area contributed by atoms with Crippen LogP contribution in [0.3, 0.4) is 0 Å². The predicted octanol–water partition coefficient (Wildman–Crippen LogP) is 0.943. The molecule has 0 spiro atoms. The Balaban J connectivity index is 0.00000420. The lowest BCUT2D eigenvalue weighted by atomic mass is 10.3. The predicted molar refractivity (Wildman–Crippen MR) is 120 cm³/mol. The van der Waals surface area contributed by atoms with Gasteiger partial charge in [0.15, 0.2) is 5.96 Å². The molecule has 0 aliphatic rings. The minimum Gasteiger partial charge on any atom is -0.356 e. The first-order valence-corrected chi connectivity index (χ1v) is 10.1. The van der Waals surface area contributed by atoms with Crippen molar-refractivity contribution in [2.24, 2.45) is 4.99 Å². The zero-order valence-electron chi connectivity index (χ0n) is 15.8. The van der Waals surface area contributed by atoms with Crippen molar-refractivity contribution in [2.75, 3.05) is 26.7 Å². The normalized spacial score (nSPS) is 11.6. The fourth-order valence-corrected chi connectivity index (χ4v) is 3.39. The average molecular weight is 537 g/mol. The van der Waals surface area contributed by atoms with E-state index < -0.39 is 14.9 Å². The molecule has 11 nitrogen and oxygen atoms in total. The Morgan fingerprint density at radius 2 is 2.00 bits per heavy atom. The zero-order valence-corrected chi connectivity index (χ0v) is 19.0. The van der Waals surface area contributed by atoms with Gasteiger partial charge < -0.3 is 10.6 Å². The Kier molecular flexibility index (Phi) is 10.5. The molecule has 29 heavy (non-hydrogen) atoms. The van der Waals surface area contributed by atoms with Crippen LogP contribution in [0.5, 0.6) is 0 Å². The number of rotatable bonds is 10. The fraction of sp³-hybridized carbons (Fsp3) is 0.375. The maximum Gasteiger partial charge on any atom is 0.270 e. The molecule has 1 aromatic carbocycles. The number of nitrogens with one attached hydrogen (secondary N) is 3. The summed E-state index contributed by atoms with van der Waals surface area (Å²) in [6.07, 6.45) is 4.46. The van der Waals surface area contributed by atoms with Crippen molar-refractivity contribution < 1.29 is 13.3 Å². The molecule has 0 bridgehead atoms. The molecule has 0 saturated heterocycles. The lowest BCUT2D eigenvalue weighted by Crippen LogP contribution is -2.41. The summed E-state index contributed by atoms with van der Waals surface area (Å²) in [5.41, 5.74) is -0.277. The molecular weight excluding hydrogens is 513 g/mol. The van der Waals surface area contributed by atoms with E-state index in [4.69, 9.17) is 0 Å². The number of hydrogen-bond donors (Lipinski definition) is 3. The second-order valence-corrected chi connectivity index (χ2v) is 7.47. The molecule has 3 N–H and O–H groups in total. The minimum atomic E-state index is -3.83. The molecule has 13 heteroatoms. The van der Waals surface area contributed by atoms with Crippen LogP contribution in [0.1, 0.15) is 6.42 Å². The number of nitro benzene ring substituents is 1. The van der Waals surface area contributed by atoms with Crippen LogP contribution < -0.4 is 15.4 Å². The highest BCUT2D eigenvalue weighted by molar-refractivity contribution is 14.0. The first-order valence-electron chi connectivity index (χ1n) is 8.58. The highest BCUT2D eigenvalue weighted by Crippen LogP contribution is 2.16. The van der Waals surface area contributed by atoms with E-state index in [1.54, 1.807) is 13.2 Å². The first kappa shape index (κ1) is 24.8. The second kappa shape index (κ2) is 12.3. The molecule has 0 fully saturated rings. The summed E-state index contributed by atoms with van der Waals surface area (Å²) in [6.45, 7) is 1.85. The van der Waals surface area contributed by atoms with Crippen LogP contribution in [0, 0.1) is 10.1 Å². The maximum absolute atomic E-state index is 12.2. The summed E-state index contributed by atoms with van der Waals surface area (Å²) in [7, 11) is -2.21. The molecule has 0 unspecified atom stereocenters. The molecule has 0 aliphatic heterocycles. The molecule has 2 rings (SSSR count). The van der Waals surface area contributed by atoms with E-state index in [2.05, 4.69) is 25.4 Å². The van der Waals surface area contributed by atoms with Crippen molar-refractivity contribution in [3.05, 3.63) is 52.8 Å². The van der Waals surface area contributed by atoms with E-state index in [1.165, 1.54) is 18.2 Å². The largest absolute Gasteiger partial charge is 0.356 e. The van der Waals surface area contributed by atoms with Crippen molar-refractivity contribution in [3.8, 4) is 0 Å². The highest BCUT2D eigenvalue weighted by atomic mass is 127. The monoisotopic (exact) mass is 537 g/mol. The van der Waals surface area contributed by atoms with Crippen molar-refractivity contribution in [2.45, 2.75) is 17.9 Å². The number of halogens is 1. The Bertz CT molecular complexity index is 904. The van der Waals surface area contributed by atoms with Crippen molar-refractivity contribution in [1.82, 2.24) is 25.1 Å². The number of aromatic nitrogens is 2. The number of nitro groups is 1. The molecule has 0 radical (unpaired) electrons. The third-order valence-corrected chi connectivity index (χ3v) is 5.15. The van der Waals surface area contributed by atoms with Crippen LogP contribution >= 0.6 is 24.0 Å². The average Bonchev–Trinajstić information content (AvgIpc) is 3.20. The van der Waals surface area contributed by atoms with Gasteiger partial charge in [-0.05, 0) is 18.6 Å². The summed E-state index contributed by atoms with van der Waals surface area (Å²) in [5.74, 6) is 0.551. The lowest BCUT2D eigenvalue weighted by Gasteiger charge is -2.12. The van der Waals surface area contributed by atoms with Gasteiger partial charge in [-0.3, -0.25) is 19.8 Å². The molecule has 0 amide bonds. The van der Waals surface area contributed by atoms with Gasteiger partial charge in [0.1, 0.15) is 0 Å². The van der Waals surface area contributed by atoms with Crippen molar-refractivity contribution in [1.29, 1.82) is 0 Å². The smallest absolute Gasteiger partial charge is 0.270 e. The van der Waals surface area contributed by atoms with E-state index in [1.807, 2.05) is 16.9 Å². The quantitative estimate of drug-likeness (QED) is 0.102. The van der Waals surface area contributed by atoms with Crippen LogP contribution in [-0.2, 0) is 16.6 Å². The fourth-order valence-electron chi connectivity index (χ4n) is 2.32. The molecule has 0 aliphatic carbocycles. The number of aryl methyl sites for hydroxylation is 1. The SMILES string of the molecule is CN=C(NCCCn1cccn1)NCCNS(=O)(=O)c1cccc([N+](=O)[O-])c1.I. The second-order valence-electron chi connectivity index (χ2n) is 5.70. The molecule has 0 saturated carbocycles. The van der Waals surface area contributed by atoms with Crippen LogP contribution in [0.4, 0.5) is 5.69 Å². The van der Waals surface area contributed by atoms with Gasteiger partial charge in [-0.25, -0.2) is 13.1 Å². The number of nitrogens with zero attached hydrogens (tertiary/aromatic N) is 4. The summed E-state index contributed by atoms with van der Waals surface area (Å²) in [5, 5.41) is 21.0. The van der Waals surface area contributed by atoms with Crippen LogP contribution in [0.15, 0.2) is 52.6 Å². The van der Waals surface area contributed by atoms with Crippen molar-refractivity contribution in [3.63, 3.8) is 0 Å². The van der Waals surface area contributed by atoms with Gasteiger partial charge in [0.2, 0.25) is 10.0 Å². The maximum atomic E-state index is 12.2. The van der Waals surface area contributed by atoms with Crippen LogP contribution in [0.25, 0.3) is 0 Å². The van der Waals surface area contributed by atoms with E-state index in [0.29, 0.717) is 19.0 Å². The van der Waals surface area contributed by atoms with Gasteiger partial charge in [-0.15, -0.1) is 24.0 Å². The molecule has 0 atom stereocenters.